The zero-order valence-corrected chi connectivity index (χ0v) is 12.2. The molecule has 104 valence electrons. The smallest absolute Gasteiger partial charge is 0.208 e. The van der Waals surface area contributed by atoms with Crippen LogP contribution in [0.15, 0.2) is 84.9 Å². The van der Waals surface area contributed by atoms with E-state index in [2.05, 4.69) is 84.4 Å². The zero-order valence-electron chi connectivity index (χ0n) is 11.4. The lowest BCUT2D eigenvalue weighted by atomic mass is 9.99. The quantitative estimate of drug-likeness (QED) is 0.454. The van der Waals surface area contributed by atoms with E-state index in [0.717, 1.165) is 0 Å². The maximum Gasteiger partial charge on any atom is 0.208 e. The molecule has 0 aliphatic carbocycles. The summed E-state index contributed by atoms with van der Waals surface area (Å²) in [5, 5.41) is 0. The maximum atomic E-state index is 8.57. The highest BCUT2D eigenvalue weighted by molar-refractivity contribution is 6.54. The summed E-state index contributed by atoms with van der Waals surface area (Å²) in [6.07, 6.45) is 0. The molecule has 0 saturated carbocycles. The Kier molecular flexibility index (Phi) is 5.74. The first kappa shape index (κ1) is 15.0. The molecule has 0 aromatic heterocycles. The van der Waals surface area contributed by atoms with Crippen molar-refractivity contribution < 1.29 is 4.79 Å². The van der Waals surface area contributed by atoms with Gasteiger partial charge in [0.05, 0.1) is 0 Å². The van der Waals surface area contributed by atoms with Gasteiger partial charge in [-0.25, -0.2) is 0 Å². The fraction of sp³-hybridized carbons (Fsp3) is 0. The van der Waals surface area contributed by atoms with Crippen molar-refractivity contribution >= 4 is 17.3 Å². The first-order chi connectivity index (χ1) is 10.3. The van der Waals surface area contributed by atoms with E-state index in [4.69, 9.17) is 4.79 Å². The molecular weight excluding hydrogens is 280 g/mol. The van der Waals surface area contributed by atoms with Crippen molar-refractivity contribution in [3.05, 3.63) is 84.9 Å². The summed E-state index contributed by atoms with van der Waals surface area (Å²) < 4.78 is 0. The van der Waals surface area contributed by atoms with Gasteiger partial charge in [0.2, 0.25) is 5.75 Å². The number of rotatable bonds is 2. The van der Waals surface area contributed by atoms with Crippen molar-refractivity contribution in [3.8, 4) is 22.3 Å². The van der Waals surface area contributed by atoms with Crippen LogP contribution < -0.4 is 0 Å². The lowest BCUT2D eigenvalue weighted by molar-refractivity contribution is 0.569. The molecule has 3 aromatic carbocycles. The fourth-order valence-electron chi connectivity index (χ4n) is 2.14. The Balaban J connectivity index is 0.000000497. The molecule has 3 rings (SSSR count). The second-order valence-electron chi connectivity index (χ2n) is 4.40. The van der Waals surface area contributed by atoms with Gasteiger partial charge in [-0.2, -0.15) is 0 Å². The topological polar surface area (TPSA) is 17.1 Å². The van der Waals surface area contributed by atoms with Gasteiger partial charge in [-0.3, -0.25) is 4.79 Å². The minimum atomic E-state index is 0.222. The predicted molar refractivity (Wildman–Crippen MR) is 89.9 cm³/mol. The Hall–Kier alpha value is -2.38. The number of hydrogen-bond donors (Lipinski definition) is 0. The van der Waals surface area contributed by atoms with Gasteiger partial charge in [0, 0.05) is 0 Å². The molecule has 0 amide bonds. The standard InChI is InChI=1S/C18H14.CHClO/c1-3-8-15(9-4-1)17-12-7-13-18(14-17)16-10-5-2-6-11-16;2-1-3/h1-14H;1H. The van der Waals surface area contributed by atoms with Crippen LogP contribution in [0.2, 0.25) is 0 Å². The lowest BCUT2D eigenvalue weighted by Crippen LogP contribution is -1.80. The minimum Gasteiger partial charge on any atom is -0.285 e. The van der Waals surface area contributed by atoms with E-state index < -0.39 is 0 Å². The van der Waals surface area contributed by atoms with Gasteiger partial charge in [0.1, 0.15) is 0 Å². The van der Waals surface area contributed by atoms with Crippen molar-refractivity contribution in [2.24, 2.45) is 0 Å². The molecule has 0 spiro atoms. The zero-order chi connectivity index (χ0) is 14.9. The number of halogens is 1. The van der Waals surface area contributed by atoms with Gasteiger partial charge in [0.15, 0.2) is 0 Å². The third-order valence-electron chi connectivity index (χ3n) is 3.08. The Labute approximate surface area is 129 Å². The molecule has 0 unspecified atom stereocenters. The van der Waals surface area contributed by atoms with Gasteiger partial charge in [-0.05, 0) is 39.9 Å². The van der Waals surface area contributed by atoms with E-state index in [1.807, 2.05) is 12.1 Å². The molecule has 0 fully saturated rings. The van der Waals surface area contributed by atoms with E-state index in [1.54, 1.807) is 0 Å². The summed E-state index contributed by atoms with van der Waals surface area (Å²) in [5.74, 6) is 0.222. The first-order valence-electron chi connectivity index (χ1n) is 6.60. The highest BCUT2D eigenvalue weighted by atomic mass is 35.5. The molecule has 0 atom stereocenters. The van der Waals surface area contributed by atoms with Crippen LogP contribution >= 0.6 is 11.6 Å². The lowest BCUT2D eigenvalue weighted by Gasteiger charge is -2.05. The van der Waals surface area contributed by atoms with Crippen molar-refractivity contribution in [2.45, 2.75) is 0 Å². The van der Waals surface area contributed by atoms with Crippen LogP contribution in [0.5, 0.6) is 0 Å². The molecule has 0 aliphatic rings. The van der Waals surface area contributed by atoms with Crippen LogP contribution in [0.3, 0.4) is 0 Å². The molecule has 3 aromatic rings. The molecule has 21 heavy (non-hydrogen) atoms. The van der Waals surface area contributed by atoms with Gasteiger partial charge in [-0.1, -0.05) is 78.9 Å². The molecule has 0 radical (unpaired) electrons. The van der Waals surface area contributed by atoms with Crippen LogP contribution in [-0.4, -0.2) is 5.75 Å². The van der Waals surface area contributed by atoms with E-state index in [-0.39, 0.29) is 5.75 Å². The minimum absolute atomic E-state index is 0.222. The molecule has 0 heterocycles. The van der Waals surface area contributed by atoms with E-state index >= 15 is 0 Å². The van der Waals surface area contributed by atoms with Gasteiger partial charge < -0.3 is 0 Å². The second kappa shape index (κ2) is 8.03. The van der Waals surface area contributed by atoms with Crippen LogP contribution in [0.25, 0.3) is 22.3 Å². The van der Waals surface area contributed by atoms with Gasteiger partial charge in [0.25, 0.3) is 0 Å². The first-order valence-corrected chi connectivity index (χ1v) is 7.03. The van der Waals surface area contributed by atoms with Crippen LogP contribution in [0, 0.1) is 0 Å². The van der Waals surface area contributed by atoms with Gasteiger partial charge >= 0.3 is 0 Å². The van der Waals surface area contributed by atoms with Crippen molar-refractivity contribution in [1.82, 2.24) is 0 Å². The number of carbonyl (C=O) groups excluding carboxylic acids is 1. The van der Waals surface area contributed by atoms with Gasteiger partial charge in [-0.15, -0.1) is 0 Å². The third kappa shape index (κ3) is 4.30. The summed E-state index contributed by atoms with van der Waals surface area (Å²) in [4.78, 5) is 8.57. The molecule has 2 heteroatoms. The monoisotopic (exact) mass is 294 g/mol. The second-order valence-corrected chi connectivity index (χ2v) is 4.58. The molecule has 0 bridgehead atoms. The normalized spacial score (nSPS) is 9.38. The molecule has 0 saturated heterocycles. The Bertz CT molecular complexity index is 623. The van der Waals surface area contributed by atoms with Crippen molar-refractivity contribution in [2.75, 3.05) is 0 Å². The molecule has 0 N–H and O–H groups in total. The maximum absolute atomic E-state index is 8.57. The van der Waals surface area contributed by atoms with Crippen LogP contribution in [-0.2, 0) is 4.79 Å². The number of benzene rings is 3. The highest BCUT2D eigenvalue weighted by Gasteiger charge is 2.00. The summed E-state index contributed by atoms with van der Waals surface area (Å²) in [6, 6.07) is 29.6. The largest absolute Gasteiger partial charge is 0.285 e. The highest BCUT2D eigenvalue weighted by Crippen LogP contribution is 2.25. The SMILES string of the molecule is O=CCl.c1ccc(-c2cccc(-c3ccccc3)c2)cc1. The van der Waals surface area contributed by atoms with E-state index in [0.29, 0.717) is 0 Å². The summed E-state index contributed by atoms with van der Waals surface area (Å²) in [6.45, 7) is 0. The molecular formula is C19H15ClO. The third-order valence-corrected chi connectivity index (χ3v) is 3.08. The predicted octanol–water partition coefficient (Wildman–Crippen LogP) is 5.44. The summed E-state index contributed by atoms with van der Waals surface area (Å²) >= 11 is 4.32. The average molecular weight is 295 g/mol. The van der Waals surface area contributed by atoms with Crippen molar-refractivity contribution in [3.63, 3.8) is 0 Å². The van der Waals surface area contributed by atoms with Crippen molar-refractivity contribution in [1.29, 1.82) is 0 Å². The van der Waals surface area contributed by atoms with Crippen LogP contribution in [0.1, 0.15) is 0 Å². The Morgan fingerprint density at radius 1 is 0.571 bits per heavy atom. The summed E-state index contributed by atoms with van der Waals surface area (Å²) in [7, 11) is 0. The Morgan fingerprint density at radius 2 is 0.905 bits per heavy atom. The number of hydrogen-bond acceptors (Lipinski definition) is 1. The molecule has 1 nitrogen and oxygen atoms in total. The average Bonchev–Trinajstić information content (AvgIpc) is 2.57. The van der Waals surface area contributed by atoms with E-state index in [9.17, 15) is 0 Å². The number of carbonyl (C=O) groups is 1. The fourth-order valence-corrected chi connectivity index (χ4v) is 2.14. The van der Waals surface area contributed by atoms with Crippen LogP contribution in [0.4, 0.5) is 0 Å². The molecule has 0 aliphatic heterocycles. The Morgan fingerprint density at radius 3 is 1.29 bits per heavy atom. The summed E-state index contributed by atoms with van der Waals surface area (Å²) in [5.41, 5.74) is 5.04. The van der Waals surface area contributed by atoms with E-state index in [1.165, 1.54) is 22.3 Å².